The largest absolute Gasteiger partial charge is 0.451 e. The van der Waals surface area contributed by atoms with Crippen LogP contribution >= 0.6 is 11.6 Å². The van der Waals surface area contributed by atoms with E-state index in [0.29, 0.717) is 32.7 Å². The van der Waals surface area contributed by atoms with Gasteiger partial charge in [-0.2, -0.15) is 0 Å². The number of fused-ring (bicyclic) bond motifs is 1. The summed E-state index contributed by atoms with van der Waals surface area (Å²) in [5.74, 6) is -1.49. The van der Waals surface area contributed by atoms with Gasteiger partial charge in [-0.1, -0.05) is 41.9 Å². The molecule has 4 rings (SSSR count). The van der Waals surface area contributed by atoms with E-state index in [4.69, 9.17) is 21.3 Å². The highest BCUT2D eigenvalue weighted by atomic mass is 35.5. The van der Waals surface area contributed by atoms with Crippen LogP contribution in [0.3, 0.4) is 0 Å². The molecule has 160 valence electrons. The zero-order valence-electron chi connectivity index (χ0n) is 17.4. The highest BCUT2D eigenvalue weighted by molar-refractivity contribution is 6.30. The van der Waals surface area contributed by atoms with Crippen molar-refractivity contribution in [1.29, 1.82) is 0 Å². The topological polar surface area (TPSA) is 56.3 Å². The molecule has 1 atom stereocenters. The van der Waals surface area contributed by atoms with E-state index in [2.05, 4.69) is 0 Å². The Morgan fingerprint density at radius 2 is 1.72 bits per heavy atom. The standard InChI is InChI=1S/C26H19ClFNO3/c1-15-23(26(31)32-16(2)25(30)17-10-12-20(28)13-11-17)21-8-3-4-9-22(21)29-24(15)18-6-5-7-19(27)14-18/h3-14,16H,1-2H3. The minimum absolute atomic E-state index is 0.266. The van der Waals surface area contributed by atoms with Crippen molar-refractivity contribution in [3.05, 3.63) is 100 Å². The molecule has 0 spiro atoms. The molecule has 3 aromatic carbocycles. The second-order valence-corrected chi connectivity index (χ2v) is 7.84. The molecule has 0 amide bonds. The number of ketones is 1. The zero-order valence-corrected chi connectivity index (χ0v) is 18.2. The second-order valence-electron chi connectivity index (χ2n) is 7.41. The first kappa shape index (κ1) is 21.7. The number of carbonyl (C=O) groups is 2. The number of para-hydroxylation sites is 1. The molecule has 6 heteroatoms. The van der Waals surface area contributed by atoms with Crippen molar-refractivity contribution >= 4 is 34.3 Å². The average Bonchev–Trinajstić information content (AvgIpc) is 2.78. The Kier molecular flexibility index (Phi) is 6.01. The highest BCUT2D eigenvalue weighted by Gasteiger charge is 2.25. The molecule has 1 aromatic heterocycles. The van der Waals surface area contributed by atoms with Gasteiger partial charge in [0.2, 0.25) is 5.78 Å². The molecule has 32 heavy (non-hydrogen) atoms. The lowest BCUT2D eigenvalue weighted by atomic mass is 9.97. The maximum Gasteiger partial charge on any atom is 0.339 e. The predicted molar refractivity (Wildman–Crippen MR) is 123 cm³/mol. The van der Waals surface area contributed by atoms with Gasteiger partial charge in [0.25, 0.3) is 0 Å². The van der Waals surface area contributed by atoms with Crippen LogP contribution in [0.15, 0.2) is 72.8 Å². The summed E-state index contributed by atoms with van der Waals surface area (Å²) in [6.45, 7) is 3.29. The van der Waals surface area contributed by atoms with Crippen molar-refractivity contribution < 1.29 is 18.7 Å². The van der Waals surface area contributed by atoms with E-state index in [0.717, 1.165) is 5.56 Å². The molecule has 0 saturated heterocycles. The molecule has 4 aromatic rings. The molecule has 0 fully saturated rings. The number of esters is 1. The van der Waals surface area contributed by atoms with E-state index in [1.54, 1.807) is 25.1 Å². The van der Waals surface area contributed by atoms with Gasteiger partial charge in [0, 0.05) is 21.5 Å². The third-order valence-corrected chi connectivity index (χ3v) is 5.45. The molecule has 1 unspecified atom stereocenters. The van der Waals surface area contributed by atoms with Crippen molar-refractivity contribution in [3.8, 4) is 11.3 Å². The van der Waals surface area contributed by atoms with Gasteiger partial charge in [-0.3, -0.25) is 4.79 Å². The average molecular weight is 448 g/mol. The van der Waals surface area contributed by atoms with Gasteiger partial charge in [-0.15, -0.1) is 0 Å². The number of benzene rings is 3. The lowest BCUT2D eigenvalue weighted by Gasteiger charge is -2.17. The van der Waals surface area contributed by atoms with Crippen LogP contribution < -0.4 is 0 Å². The summed E-state index contributed by atoms with van der Waals surface area (Å²) in [5, 5.41) is 1.18. The minimum atomic E-state index is -1.05. The molecular weight excluding hydrogens is 429 g/mol. The summed E-state index contributed by atoms with van der Waals surface area (Å²) in [5.41, 5.74) is 3.22. The first-order chi connectivity index (χ1) is 15.3. The van der Waals surface area contributed by atoms with Crippen molar-refractivity contribution in [1.82, 2.24) is 4.98 Å². The Labute approximate surface area is 189 Å². The predicted octanol–water partition coefficient (Wildman–Crippen LogP) is 6.43. The van der Waals surface area contributed by atoms with Gasteiger partial charge in [0.05, 0.1) is 16.8 Å². The van der Waals surface area contributed by atoms with Crippen LogP contribution in [0.5, 0.6) is 0 Å². The Hall–Kier alpha value is -3.57. The zero-order chi connectivity index (χ0) is 22.8. The molecular formula is C26H19ClFNO3. The number of carbonyl (C=O) groups excluding carboxylic acids is 2. The van der Waals surface area contributed by atoms with Gasteiger partial charge in [0.15, 0.2) is 6.10 Å². The fourth-order valence-electron chi connectivity index (χ4n) is 3.61. The number of hydrogen-bond acceptors (Lipinski definition) is 4. The Balaban J connectivity index is 1.74. The fourth-order valence-corrected chi connectivity index (χ4v) is 3.80. The quantitative estimate of drug-likeness (QED) is 0.261. The van der Waals surface area contributed by atoms with E-state index in [9.17, 15) is 14.0 Å². The van der Waals surface area contributed by atoms with Gasteiger partial charge in [-0.05, 0) is 61.9 Å². The summed E-state index contributed by atoms with van der Waals surface area (Å²) < 4.78 is 18.7. The SMILES string of the molecule is Cc1c(-c2cccc(Cl)c2)nc2ccccc2c1C(=O)OC(C)C(=O)c1ccc(F)cc1. The molecule has 1 heterocycles. The van der Waals surface area contributed by atoms with Crippen molar-refractivity contribution in [3.63, 3.8) is 0 Å². The number of Topliss-reactive ketones (excluding diaryl/α,β-unsaturated/α-hetero) is 1. The van der Waals surface area contributed by atoms with Crippen LogP contribution in [0.2, 0.25) is 5.02 Å². The van der Waals surface area contributed by atoms with Crippen LogP contribution in [0, 0.1) is 12.7 Å². The maximum absolute atomic E-state index is 13.2. The molecule has 0 aliphatic carbocycles. The number of hydrogen-bond donors (Lipinski definition) is 0. The number of rotatable bonds is 5. The molecule has 0 bridgehead atoms. The molecule has 0 N–H and O–H groups in total. The normalized spacial score (nSPS) is 11.9. The second kappa shape index (κ2) is 8.89. The van der Waals surface area contributed by atoms with Gasteiger partial charge < -0.3 is 4.74 Å². The fraction of sp³-hybridized carbons (Fsp3) is 0.115. The maximum atomic E-state index is 13.2. The molecule has 4 nitrogen and oxygen atoms in total. The van der Waals surface area contributed by atoms with Crippen LogP contribution in [0.25, 0.3) is 22.2 Å². The summed E-state index contributed by atoms with van der Waals surface area (Å²) in [4.78, 5) is 30.6. The first-order valence-corrected chi connectivity index (χ1v) is 10.4. The number of ether oxygens (including phenoxy) is 1. The number of aromatic nitrogens is 1. The molecule has 0 saturated carbocycles. The lowest BCUT2D eigenvalue weighted by molar-refractivity contribution is 0.0320. The van der Waals surface area contributed by atoms with E-state index < -0.39 is 23.7 Å². The summed E-state index contributed by atoms with van der Waals surface area (Å²) in [6.07, 6.45) is -1.05. The third-order valence-electron chi connectivity index (χ3n) is 5.22. The van der Waals surface area contributed by atoms with Gasteiger partial charge in [0.1, 0.15) is 5.82 Å². The van der Waals surface area contributed by atoms with Gasteiger partial charge >= 0.3 is 5.97 Å². The van der Waals surface area contributed by atoms with Crippen molar-refractivity contribution in [2.24, 2.45) is 0 Å². The van der Waals surface area contributed by atoms with Gasteiger partial charge in [-0.25, -0.2) is 14.2 Å². The highest BCUT2D eigenvalue weighted by Crippen LogP contribution is 2.31. The summed E-state index contributed by atoms with van der Waals surface area (Å²) in [7, 11) is 0. The molecule has 0 aliphatic heterocycles. The van der Waals surface area contributed by atoms with E-state index in [1.807, 2.05) is 30.3 Å². The summed E-state index contributed by atoms with van der Waals surface area (Å²) in [6, 6.07) is 19.6. The number of nitrogens with zero attached hydrogens (tertiary/aromatic N) is 1. The smallest absolute Gasteiger partial charge is 0.339 e. The Bertz CT molecular complexity index is 1330. The van der Waals surface area contributed by atoms with Crippen LogP contribution in [0.4, 0.5) is 4.39 Å². The third kappa shape index (κ3) is 4.25. The van der Waals surface area contributed by atoms with Crippen LogP contribution in [-0.4, -0.2) is 22.8 Å². The molecule has 0 radical (unpaired) electrons. The van der Waals surface area contributed by atoms with Crippen LogP contribution in [-0.2, 0) is 4.74 Å². The number of halogens is 2. The van der Waals surface area contributed by atoms with Crippen molar-refractivity contribution in [2.75, 3.05) is 0 Å². The minimum Gasteiger partial charge on any atom is -0.451 e. The van der Waals surface area contributed by atoms with E-state index in [1.165, 1.54) is 31.2 Å². The monoisotopic (exact) mass is 447 g/mol. The molecule has 0 aliphatic rings. The van der Waals surface area contributed by atoms with E-state index >= 15 is 0 Å². The lowest BCUT2D eigenvalue weighted by Crippen LogP contribution is -2.25. The van der Waals surface area contributed by atoms with E-state index in [-0.39, 0.29) is 5.56 Å². The Morgan fingerprint density at radius 1 is 1.00 bits per heavy atom. The Morgan fingerprint density at radius 3 is 2.44 bits per heavy atom. The van der Waals surface area contributed by atoms with Crippen LogP contribution in [0.1, 0.15) is 33.2 Å². The summed E-state index contributed by atoms with van der Waals surface area (Å²) >= 11 is 6.16. The first-order valence-electron chi connectivity index (χ1n) is 10.0. The number of pyridine rings is 1. The van der Waals surface area contributed by atoms with Crippen molar-refractivity contribution in [2.45, 2.75) is 20.0 Å².